The second kappa shape index (κ2) is 9.14. The van der Waals surface area contributed by atoms with Crippen LogP contribution < -0.4 is 10.1 Å². The Balaban J connectivity index is 1.49. The summed E-state index contributed by atoms with van der Waals surface area (Å²) < 4.78 is 6.19. The number of nitrogens with zero attached hydrogens (tertiary/aromatic N) is 2. The van der Waals surface area contributed by atoms with E-state index < -0.39 is 5.41 Å². The Morgan fingerprint density at radius 2 is 1.88 bits per heavy atom. The summed E-state index contributed by atoms with van der Waals surface area (Å²) in [4.78, 5) is 41.8. The third kappa shape index (κ3) is 4.47. The molecule has 0 radical (unpaired) electrons. The van der Waals surface area contributed by atoms with Crippen LogP contribution in [0, 0.1) is 0 Å². The van der Waals surface area contributed by atoms with Crippen molar-refractivity contribution in [2.75, 3.05) is 32.8 Å². The summed E-state index contributed by atoms with van der Waals surface area (Å²) in [5.41, 5.74) is 1.40. The van der Waals surface area contributed by atoms with Crippen molar-refractivity contribution < 1.29 is 19.1 Å². The molecule has 3 atom stereocenters. The zero-order valence-electron chi connectivity index (χ0n) is 18.9. The van der Waals surface area contributed by atoms with Gasteiger partial charge in [0.15, 0.2) is 0 Å². The largest absolute Gasteiger partial charge is 0.488 e. The van der Waals surface area contributed by atoms with Crippen LogP contribution in [0.25, 0.3) is 6.08 Å². The van der Waals surface area contributed by atoms with Gasteiger partial charge in [0.2, 0.25) is 11.8 Å². The molecule has 174 valence electrons. The molecule has 2 fully saturated rings. The minimum Gasteiger partial charge on any atom is -0.488 e. The van der Waals surface area contributed by atoms with E-state index in [0.717, 1.165) is 55.8 Å². The maximum absolute atomic E-state index is 12.8. The average Bonchev–Trinajstić information content (AvgIpc) is 3.13. The third-order valence-electron chi connectivity index (χ3n) is 7.32. The van der Waals surface area contributed by atoms with E-state index in [9.17, 15) is 14.4 Å². The van der Waals surface area contributed by atoms with E-state index >= 15 is 0 Å². The SMILES string of the molecule is O=C1CC[C@@]23/C=C/C(=O)NCCCCN4CCCN(C4)C(=O)/C=C/c4ccc(c2c4)O[C@@H]3C1. The Hall–Kier alpha value is -2.93. The first-order chi connectivity index (χ1) is 16.0. The van der Waals surface area contributed by atoms with Gasteiger partial charge in [-0.1, -0.05) is 12.1 Å². The van der Waals surface area contributed by atoms with Gasteiger partial charge in [0, 0.05) is 44.1 Å². The van der Waals surface area contributed by atoms with Crippen LogP contribution in [-0.2, 0) is 19.8 Å². The molecule has 0 aromatic heterocycles. The molecule has 5 rings (SSSR count). The molecule has 1 spiro atoms. The Kier molecular flexibility index (Phi) is 6.06. The predicted molar refractivity (Wildman–Crippen MR) is 125 cm³/mol. The standard InChI is InChI=1S/C26H31N3O4/c30-20-8-10-26-11-9-24(31)27-12-1-2-13-28-14-3-15-29(18-28)25(32)7-5-19-4-6-22(21(26)16-19)33-23(26)17-20/h4-7,9,11,16,23H,1-3,8,10,12-15,17-18H2,(H,27,31)/b7-5+,11-9+/t23-,26-/m1/s1. The van der Waals surface area contributed by atoms with Crippen LogP contribution in [0.5, 0.6) is 5.75 Å². The van der Waals surface area contributed by atoms with E-state index in [4.69, 9.17) is 4.74 Å². The molecule has 1 saturated carbocycles. The topological polar surface area (TPSA) is 79.0 Å². The number of benzene rings is 1. The van der Waals surface area contributed by atoms with Crippen molar-refractivity contribution in [3.05, 3.63) is 47.6 Å². The van der Waals surface area contributed by atoms with E-state index in [2.05, 4.69) is 10.2 Å². The molecule has 1 aromatic rings. The number of Topliss-reactive ketones (excluding diaryl/α,β-unsaturated/α-hetero) is 1. The van der Waals surface area contributed by atoms with Gasteiger partial charge in [0.1, 0.15) is 17.6 Å². The summed E-state index contributed by atoms with van der Waals surface area (Å²) >= 11 is 0. The molecule has 3 heterocycles. The number of nitrogens with one attached hydrogen (secondary N) is 1. The lowest BCUT2D eigenvalue weighted by molar-refractivity contribution is -0.130. The molecule has 4 aliphatic rings. The van der Waals surface area contributed by atoms with E-state index in [-0.39, 0.29) is 23.7 Å². The van der Waals surface area contributed by atoms with Crippen molar-refractivity contribution in [3.8, 4) is 5.75 Å². The maximum Gasteiger partial charge on any atom is 0.247 e. The highest BCUT2D eigenvalue weighted by molar-refractivity contribution is 5.92. The first-order valence-electron chi connectivity index (χ1n) is 12.0. The van der Waals surface area contributed by atoms with Gasteiger partial charge < -0.3 is 15.0 Å². The average molecular weight is 450 g/mol. The Bertz CT molecular complexity index is 1020. The number of hydrogen-bond acceptors (Lipinski definition) is 5. The monoisotopic (exact) mass is 449 g/mol. The van der Waals surface area contributed by atoms with E-state index in [1.807, 2.05) is 35.3 Å². The number of rotatable bonds is 0. The third-order valence-corrected chi connectivity index (χ3v) is 7.32. The van der Waals surface area contributed by atoms with Gasteiger partial charge >= 0.3 is 0 Å². The highest BCUT2D eigenvalue weighted by atomic mass is 16.5. The van der Waals surface area contributed by atoms with Crippen LogP contribution in [0.2, 0.25) is 0 Å². The molecule has 1 saturated heterocycles. The minimum atomic E-state index is -0.507. The molecule has 1 aliphatic carbocycles. The van der Waals surface area contributed by atoms with Crippen molar-refractivity contribution in [2.24, 2.45) is 0 Å². The summed E-state index contributed by atoms with van der Waals surface area (Å²) in [5, 5.41) is 2.99. The Labute approximate surface area is 194 Å². The fourth-order valence-corrected chi connectivity index (χ4v) is 5.46. The maximum atomic E-state index is 12.8. The van der Waals surface area contributed by atoms with Crippen molar-refractivity contribution >= 4 is 23.7 Å². The quantitative estimate of drug-likeness (QED) is 0.658. The lowest BCUT2D eigenvalue weighted by Gasteiger charge is -2.35. The van der Waals surface area contributed by atoms with Crippen molar-refractivity contribution in [1.82, 2.24) is 15.1 Å². The molecule has 3 aliphatic heterocycles. The lowest BCUT2D eigenvalue weighted by Crippen LogP contribution is -2.47. The van der Waals surface area contributed by atoms with Crippen LogP contribution in [0.1, 0.15) is 49.7 Å². The number of carbonyl (C=O) groups excluding carboxylic acids is 3. The van der Waals surface area contributed by atoms with E-state index in [0.29, 0.717) is 32.5 Å². The van der Waals surface area contributed by atoms with Crippen molar-refractivity contribution in [3.63, 3.8) is 0 Å². The van der Waals surface area contributed by atoms with Crippen LogP contribution in [0.3, 0.4) is 0 Å². The molecular formula is C26H31N3O4. The van der Waals surface area contributed by atoms with Gasteiger partial charge in [0.05, 0.1) is 12.1 Å². The minimum absolute atomic E-state index is 0.0283. The number of carbonyl (C=O) groups is 3. The first-order valence-corrected chi connectivity index (χ1v) is 12.0. The van der Waals surface area contributed by atoms with Crippen LogP contribution in [0.4, 0.5) is 0 Å². The first kappa shape index (κ1) is 21.9. The summed E-state index contributed by atoms with van der Waals surface area (Å²) in [6.45, 7) is 3.96. The smallest absolute Gasteiger partial charge is 0.247 e. The van der Waals surface area contributed by atoms with Crippen molar-refractivity contribution in [2.45, 2.75) is 50.0 Å². The normalized spacial score (nSPS) is 32.1. The number of hydrogen-bond donors (Lipinski definition) is 1. The summed E-state index contributed by atoms with van der Waals surface area (Å²) in [6, 6.07) is 5.90. The Morgan fingerprint density at radius 3 is 2.79 bits per heavy atom. The second-order valence-electron chi connectivity index (χ2n) is 9.52. The van der Waals surface area contributed by atoms with Crippen LogP contribution in [-0.4, -0.2) is 66.3 Å². The molecular weight excluding hydrogens is 418 g/mol. The summed E-state index contributed by atoms with van der Waals surface area (Å²) in [7, 11) is 0. The number of fused-ring (bicyclic) bond motifs is 3. The van der Waals surface area contributed by atoms with E-state index in [1.54, 1.807) is 12.2 Å². The molecule has 7 heteroatoms. The van der Waals surface area contributed by atoms with Crippen LogP contribution >= 0.6 is 0 Å². The summed E-state index contributed by atoms with van der Waals surface area (Å²) in [6.07, 6.45) is 11.0. The number of ether oxygens (including phenoxy) is 1. The highest BCUT2D eigenvalue weighted by Crippen LogP contribution is 2.51. The Morgan fingerprint density at radius 1 is 1.00 bits per heavy atom. The molecule has 1 unspecified atom stereocenters. The molecule has 1 aromatic carbocycles. The molecule has 7 nitrogen and oxygen atoms in total. The van der Waals surface area contributed by atoms with Gasteiger partial charge in [-0.25, -0.2) is 0 Å². The van der Waals surface area contributed by atoms with Gasteiger partial charge in [-0.15, -0.1) is 0 Å². The molecule has 33 heavy (non-hydrogen) atoms. The van der Waals surface area contributed by atoms with Gasteiger partial charge in [-0.05, 0) is 62.1 Å². The van der Waals surface area contributed by atoms with Crippen molar-refractivity contribution in [1.29, 1.82) is 0 Å². The number of amides is 2. The van der Waals surface area contributed by atoms with Crippen LogP contribution in [0.15, 0.2) is 36.4 Å². The predicted octanol–water partition coefficient (Wildman–Crippen LogP) is 2.41. The lowest BCUT2D eigenvalue weighted by atomic mass is 9.68. The fourth-order valence-electron chi connectivity index (χ4n) is 5.46. The zero-order valence-corrected chi connectivity index (χ0v) is 18.9. The van der Waals surface area contributed by atoms with Gasteiger partial charge in [0.25, 0.3) is 0 Å². The zero-order chi connectivity index (χ0) is 22.8. The summed E-state index contributed by atoms with van der Waals surface area (Å²) in [5.74, 6) is 0.863. The van der Waals surface area contributed by atoms with Gasteiger partial charge in [-0.2, -0.15) is 0 Å². The van der Waals surface area contributed by atoms with E-state index in [1.165, 1.54) is 0 Å². The molecule has 1 N–H and O–H groups in total. The fraction of sp³-hybridized carbons (Fsp3) is 0.500. The highest BCUT2D eigenvalue weighted by Gasteiger charge is 2.50. The molecule has 4 bridgehead atoms. The van der Waals surface area contributed by atoms with Gasteiger partial charge in [-0.3, -0.25) is 19.3 Å². The molecule has 2 amide bonds. The second-order valence-corrected chi connectivity index (χ2v) is 9.52. The number of ketones is 1.